The summed E-state index contributed by atoms with van der Waals surface area (Å²) in [6.45, 7) is 6.18. The van der Waals surface area contributed by atoms with Crippen molar-refractivity contribution in [2.75, 3.05) is 0 Å². The zero-order valence-corrected chi connectivity index (χ0v) is 11.1. The highest BCUT2D eigenvalue weighted by molar-refractivity contribution is 6.88. The summed E-state index contributed by atoms with van der Waals surface area (Å²) < 4.78 is 0. The second-order valence-electron chi connectivity index (χ2n) is 4.21. The lowest BCUT2D eigenvalue weighted by atomic mass is 10.3. The molecule has 0 amide bonds. The number of nitrogens with zero attached hydrogens (tertiary/aromatic N) is 1. The highest BCUT2D eigenvalue weighted by Gasteiger charge is 2.23. The predicted molar refractivity (Wildman–Crippen MR) is 64.2 cm³/mol. The Labute approximate surface area is 99.1 Å². The van der Waals surface area contributed by atoms with Gasteiger partial charge in [-0.15, -0.1) is 0 Å². The second-order valence-corrected chi connectivity index (χ2v) is 10.0. The summed E-state index contributed by atoms with van der Waals surface area (Å²) >= 11 is 11.6. The van der Waals surface area contributed by atoms with E-state index in [2.05, 4.69) is 24.6 Å². The van der Waals surface area contributed by atoms with Gasteiger partial charge in [-0.2, -0.15) is 0 Å². The molecule has 1 N–H and O–H groups in total. The van der Waals surface area contributed by atoms with Gasteiger partial charge >= 0.3 is 5.97 Å². The maximum Gasteiger partial charge on any atom is 0.356 e. The van der Waals surface area contributed by atoms with Gasteiger partial charge in [0.25, 0.3) is 0 Å². The van der Waals surface area contributed by atoms with Crippen LogP contribution in [0.1, 0.15) is 10.5 Å². The monoisotopic (exact) mass is 263 g/mol. The van der Waals surface area contributed by atoms with E-state index in [1.165, 1.54) is 0 Å². The average Bonchev–Trinajstić information content (AvgIpc) is 2.06. The molecule has 0 unspecified atom stereocenters. The Bertz CT molecular complexity index is 415. The van der Waals surface area contributed by atoms with Gasteiger partial charge in [-0.3, -0.25) is 0 Å². The van der Waals surface area contributed by atoms with Crippen molar-refractivity contribution in [2.45, 2.75) is 19.6 Å². The van der Waals surface area contributed by atoms with Crippen molar-refractivity contribution in [1.29, 1.82) is 0 Å². The molecule has 82 valence electrons. The minimum absolute atomic E-state index is 0.00571. The number of halogens is 2. The third-order valence-electron chi connectivity index (χ3n) is 1.88. The molecule has 0 bridgehead atoms. The Balaban J connectivity index is 3.43. The molecule has 0 fully saturated rings. The molecule has 0 aliphatic rings. The summed E-state index contributed by atoms with van der Waals surface area (Å²) in [4.78, 5) is 14.9. The van der Waals surface area contributed by atoms with Crippen molar-refractivity contribution >= 4 is 42.6 Å². The molecule has 3 nitrogen and oxygen atoms in total. The van der Waals surface area contributed by atoms with Gasteiger partial charge in [-0.1, -0.05) is 42.8 Å². The molecule has 0 saturated heterocycles. The van der Waals surface area contributed by atoms with Gasteiger partial charge in [0.1, 0.15) is 8.07 Å². The first-order valence-corrected chi connectivity index (χ1v) is 8.59. The van der Waals surface area contributed by atoms with Crippen LogP contribution in [0.25, 0.3) is 0 Å². The van der Waals surface area contributed by atoms with Crippen molar-refractivity contribution in [3.8, 4) is 0 Å². The lowest BCUT2D eigenvalue weighted by Crippen LogP contribution is -2.40. The minimum atomic E-state index is -1.68. The third kappa shape index (κ3) is 2.71. The smallest absolute Gasteiger partial charge is 0.356 e. The van der Waals surface area contributed by atoms with Crippen LogP contribution in [0.15, 0.2) is 6.07 Å². The van der Waals surface area contributed by atoms with E-state index in [0.29, 0.717) is 0 Å². The number of aromatic carboxylic acids is 1. The van der Waals surface area contributed by atoms with Crippen LogP contribution in [-0.4, -0.2) is 24.1 Å². The average molecular weight is 264 g/mol. The van der Waals surface area contributed by atoms with E-state index in [9.17, 15) is 4.79 Å². The summed E-state index contributed by atoms with van der Waals surface area (Å²) in [6.07, 6.45) is 0. The Kier molecular flexibility index (Phi) is 3.43. The number of carboxylic acids is 1. The Morgan fingerprint density at radius 2 is 1.93 bits per heavy atom. The molecule has 0 saturated carbocycles. The molecule has 15 heavy (non-hydrogen) atoms. The molecule has 0 radical (unpaired) electrons. The van der Waals surface area contributed by atoms with Crippen LogP contribution in [-0.2, 0) is 0 Å². The van der Waals surface area contributed by atoms with E-state index in [-0.39, 0.29) is 15.7 Å². The Morgan fingerprint density at radius 1 is 1.40 bits per heavy atom. The number of hydrogen-bond acceptors (Lipinski definition) is 2. The van der Waals surface area contributed by atoms with Crippen LogP contribution < -0.4 is 5.32 Å². The number of aromatic nitrogens is 1. The topological polar surface area (TPSA) is 50.2 Å². The SMILES string of the molecule is C[Si](C)(C)c1cc(Cl)c(Cl)c(C(=O)O)n1. The first-order chi connectivity index (χ1) is 6.73. The molecule has 0 aliphatic carbocycles. The molecule has 1 rings (SSSR count). The van der Waals surface area contributed by atoms with Crippen molar-refractivity contribution in [2.24, 2.45) is 0 Å². The number of hydrogen-bond donors (Lipinski definition) is 1. The summed E-state index contributed by atoms with van der Waals surface area (Å²) in [6, 6.07) is 1.66. The van der Waals surface area contributed by atoms with Gasteiger partial charge < -0.3 is 5.11 Å². The van der Waals surface area contributed by atoms with Gasteiger partial charge in [0, 0.05) is 5.32 Å². The molecule has 1 aromatic rings. The van der Waals surface area contributed by atoms with E-state index in [1.54, 1.807) is 6.07 Å². The van der Waals surface area contributed by atoms with Gasteiger partial charge in [0.2, 0.25) is 0 Å². The van der Waals surface area contributed by atoms with Crippen LogP contribution in [0.4, 0.5) is 0 Å². The Hall–Kier alpha value is -0.583. The molecule has 0 atom stereocenters. The maximum atomic E-state index is 10.9. The molecular weight excluding hydrogens is 253 g/mol. The largest absolute Gasteiger partial charge is 0.476 e. The molecular formula is C9H11Cl2NO2Si. The van der Waals surface area contributed by atoms with E-state index >= 15 is 0 Å². The number of carboxylic acid groups (broad SMARTS) is 1. The number of pyridine rings is 1. The first kappa shape index (κ1) is 12.5. The van der Waals surface area contributed by atoms with E-state index in [4.69, 9.17) is 28.3 Å². The van der Waals surface area contributed by atoms with Gasteiger partial charge in [-0.25, -0.2) is 9.78 Å². The molecule has 0 aliphatic heterocycles. The summed E-state index contributed by atoms with van der Waals surface area (Å²) in [5.74, 6) is -1.15. The highest BCUT2D eigenvalue weighted by atomic mass is 35.5. The zero-order chi connectivity index (χ0) is 11.8. The fourth-order valence-electron chi connectivity index (χ4n) is 1.02. The summed E-state index contributed by atoms with van der Waals surface area (Å²) in [5, 5.41) is 9.89. The van der Waals surface area contributed by atoms with Crippen molar-refractivity contribution < 1.29 is 9.90 Å². The lowest BCUT2D eigenvalue weighted by Gasteiger charge is -2.16. The molecule has 1 aromatic heterocycles. The van der Waals surface area contributed by atoms with Crippen LogP contribution in [0.5, 0.6) is 0 Å². The molecule has 1 heterocycles. The fourth-order valence-corrected chi connectivity index (χ4v) is 2.51. The molecule has 6 heteroatoms. The normalized spacial score (nSPS) is 11.5. The summed E-state index contributed by atoms with van der Waals surface area (Å²) in [7, 11) is -1.68. The van der Waals surface area contributed by atoms with Crippen molar-refractivity contribution in [3.05, 3.63) is 21.8 Å². The fraction of sp³-hybridized carbons (Fsp3) is 0.333. The quantitative estimate of drug-likeness (QED) is 0.835. The van der Waals surface area contributed by atoms with Gasteiger partial charge in [-0.05, 0) is 6.07 Å². The number of rotatable bonds is 2. The predicted octanol–water partition coefficient (Wildman–Crippen LogP) is 2.63. The van der Waals surface area contributed by atoms with Crippen molar-refractivity contribution in [3.63, 3.8) is 0 Å². The zero-order valence-electron chi connectivity index (χ0n) is 8.64. The maximum absolute atomic E-state index is 10.9. The summed E-state index contributed by atoms with van der Waals surface area (Å²) in [5.41, 5.74) is -0.165. The van der Waals surface area contributed by atoms with Crippen LogP contribution in [0.3, 0.4) is 0 Å². The van der Waals surface area contributed by atoms with Crippen LogP contribution in [0.2, 0.25) is 29.7 Å². The molecule has 0 aromatic carbocycles. The standard InChI is InChI=1S/C9H11Cl2NO2Si/c1-15(2,3)6-4-5(10)7(11)8(12-6)9(13)14/h4H,1-3H3,(H,13,14). The van der Waals surface area contributed by atoms with Gasteiger partial charge in [0.15, 0.2) is 5.69 Å². The van der Waals surface area contributed by atoms with E-state index in [0.717, 1.165) is 5.32 Å². The van der Waals surface area contributed by atoms with Gasteiger partial charge in [0.05, 0.1) is 10.0 Å². The lowest BCUT2D eigenvalue weighted by molar-refractivity contribution is 0.0691. The van der Waals surface area contributed by atoms with E-state index in [1.807, 2.05) is 0 Å². The minimum Gasteiger partial charge on any atom is -0.476 e. The van der Waals surface area contributed by atoms with Crippen LogP contribution in [0, 0.1) is 0 Å². The van der Waals surface area contributed by atoms with E-state index < -0.39 is 14.0 Å². The first-order valence-electron chi connectivity index (χ1n) is 4.33. The van der Waals surface area contributed by atoms with Crippen LogP contribution >= 0.6 is 23.2 Å². The highest BCUT2D eigenvalue weighted by Crippen LogP contribution is 2.24. The number of carbonyl (C=O) groups is 1. The van der Waals surface area contributed by atoms with Crippen molar-refractivity contribution in [1.82, 2.24) is 4.98 Å². The Morgan fingerprint density at radius 3 is 2.33 bits per heavy atom. The third-order valence-corrected chi connectivity index (χ3v) is 4.45. The second kappa shape index (κ2) is 4.12. The molecule has 0 spiro atoms.